The van der Waals surface area contributed by atoms with Crippen molar-refractivity contribution in [3.8, 4) is 0 Å². The number of carbonyl (C=O) groups is 1. The van der Waals surface area contributed by atoms with E-state index in [1.54, 1.807) is 4.68 Å². The van der Waals surface area contributed by atoms with Gasteiger partial charge in [0.1, 0.15) is 5.82 Å². The van der Waals surface area contributed by atoms with Gasteiger partial charge in [0, 0.05) is 20.1 Å². The second-order valence-corrected chi connectivity index (χ2v) is 5.37. The molecule has 3 N–H and O–H groups in total. The van der Waals surface area contributed by atoms with Crippen LogP contribution in [0.25, 0.3) is 0 Å². The van der Waals surface area contributed by atoms with E-state index in [1.807, 2.05) is 11.9 Å². The van der Waals surface area contributed by atoms with Gasteiger partial charge in [-0.1, -0.05) is 13.8 Å². The second kappa shape index (κ2) is 5.50. The minimum Gasteiger partial charge on any atom is -0.394 e. The Morgan fingerprint density at radius 2 is 2.05 bits per heavy atom. The molecular formula is C13H23N5O. The lowest BCUT2D eigenvalue weighted by Gasteiger charge is -2.16. The van der Waals surface area contributed by atoms with Crippen molar-refractivity contribution in [2.75, 3.05) is 30.7 Å². The molecule has 19 heavy (non-hydrogen) atoms. The zero-order chi connectivity index (χ0) is 14.0. The lowest BCUT2D eigenvalue weighted by atomic mass is 10.1. The smallest absolute Gasteiger partial charge is 0.241 e. The maximum absolute atomic E-state index is 12.0. The minimum absolute atomic E-state index is 0.129. The van der Waals surface area contributed by atoms with Crippen molar-refractivity contribution >= 4 is 17.4 Å². The van der Waals surface area contributed by atoms with Crippen molar-refractivity contribution in [1.29, 1.82) is 0 Å². The molecule has 1 aliphatic heterocycles. The van der Waals surface area contributed by atoms with Gasteiger partial charge >= 0.3 is 0 Å². The summed E-state index contributed by atoms with van der Waals surface area (Å²) in [5.74, 6) is 1.14. The van der Waals surface area contributed by atoms with Crippen LogP contribution >= 0.6 is 0 Å². The number of hydrogen-bond donors (Lipinski definition) is 2. The highest BCUT2D eigenvalue weighted by Crippen LogP contribution is 2.27. The molecule has 1 saturated heterocycles. The summed E-state index contributed by atoms with van der Waals surface area (Å²) in [6.45, 7) is 6.13. The van der Waals surface area contributed by atoms with Crippen LogP contribution in [0.4, 0.5) is 11.5 Å². The molecule has 1 fully saturated rings. The van der Waals surface area contributed by atoms with Gasteiger partial charge in [0.05, 0.1) is 17.9 Å². The Kier molecular flexibility index (Phi) is 3.97. The van der Waals surface area contributed by atoms with E-state index in [1.165, 1.54) is 0 Å². The van der Waals surface area contributed by atoms with E-state index in [0.29, 0.717) is 5.69 Å². The van der Waals surface area contributed by atoms with Crippen LogP contribution in [-0.2, 0) is 11.8 Å². The summed E-state index contributed by atoms with van der Waals surface area (Å²) >= 11 is 0. The highest BCUT2D eigenvalue weighted by atomic mass is 16.2. The van der Waals surface area contributed by atoms with Crippen molar-refractivity contribution < 1.29 is 4.79 Å². The first kappa shape index (κ1) is 13.7. The molecule has 6 nitrogen and oxygen atoms in total. The number of likely N-dealkylation sites (tertiary alicyclic amines) is 1. The monoisotopic (exact) mass is 265 g/mol. The number of aromatic nitrogens is 2. The van der Waals surface area contributed by atoms with E-state index in [4.69, 9.17) is 5.73 Å². The summed E-state index contributed by atoms with van der Waals surface area (Å²) < 4.78 is 1.71. The fourth-order valence-electron chi connectivity index (χ4n) is 2.43. The number of carbonyl (C=O) groups excluding carboxylic acids is 1. The normalized spacial score (nSPS) is 15.3. The van der Waals surface area contributed by atoms with Gasteiger partial charge in [0.2, 0.25) is 5.91 Å². The van der Waals surface area contributed by atoms with Gasteiger partial charge in [0.25, 0.3) is 0 Å². The predicted octanol–water partition coefficient (Wildman–Crippen LogP) is 1.16. The highest BCUT2D eigenvalue weighted by molar-refractivity contribution is 5.82. The molecule has 0 aromatic carbocycles. The van der Waals surface area contributed by atoms with Crippen LogP contribution in [-0.4, -0.2) is 40.2 Å². The summed E-state index contributed by atoms with van der Waals surface area (Å²) in [5.41, 5.74) is 7.59. The molecule has 0 atom stereocenters. The molecule has 2 heterocycles. The number of amides is 1. The molecule has 1 amide bonds. The largest absolute Gasteiger partial charge is 0.394 e. The van der Waals surface area contributed by atoms with Gasteiger partial charge in [-0.2, -0.15) is 5.10 Å². The molecule has 106 valence electrons. The number of nitrogens with one attached hydrogen (secondary N) is 1. The van der Waals surface area contributed by atoms with Crippen LogP contribution in [0.1, 0.15) is 38.3 Å². The second-order valence-electron chi connectivity index (χ2n) is 5.37. The maximum atomic E-state index is 12.0. The molecule has 0 bridgehead atoms. The summed E-state index contributed by atoms with van der Waals surface area (Å²) in [6.07, 6.45) is 2.22. The standard InChI is InChI=1S/C13H23N5O/c1-9(2)12-11(14)13(17(3)16-12)15-8-10(19)18-6-4-5-7-18/h9,15H,4-8,14H2,1-3H3. The van der Waals surface area contributed by atoms with Crippen molar-refractivity contribution in [2.24, 2.45) is 7.05 Å². The summed E-state index contributed by atoms with van der Waals surface area (Å²) in [4.78, 5) is 13.9. The van der Waals surface area contributed by atoms with Crippen LogP contribution < -0.4 is 11.1 Å². The fourth-order valence-corrected chi connectivity index (χ4v) is 2.43. The third-order valence-electron chi connectivity index (χ3n) is 3.53. The van der Waals surface area contributed by atoms with Crippen molar-refractivity contribution in [3.63, 3.8) is 0 Å². The quantitative estimate of drug-likeness (QED) is 0.856. The summed E-state index contributed by atoms with van der Waals surface area (Å²) in [5, 5.41) is 7.51. The maximum Gasteiger partial charge on any atom is 0.241 e. The summed E-state index contributed by atoms with van der Waals surface area (Å²) in [6, 6.07) is 0. The third kappa shape index (κ3) is 2.83. The number of nitrogen functional groups attached to an aromatic ring is 1. The first-order valence-electron chi connectivity index (χ1n) is 6.84. The van der Waals surface area contributed by atoms with Crippen molar-refractivity contribution in [3.05, 3.63) is 5.69 Å². The lowest BCUT2D eigenvalue weighted by Crippen LogP contribution is -2.33. The first-order valence-corrected chi connectivity index (χ1v) is 6.84. The van der Waals surface area contributed by atoms with Gasteiger partial charge in [-0.25, -0.2) is 0 Å². The van der Waals surface area contributed by atoms with Gasteiger partial charge in [-0.15, -0.1) is 0 Å². The Hall–Kier alpha value is -1.72. The van der Waals surface area contributed by atoms with E-state index in [-0.39, 0.29) is 18.4 Å². The molecule has 0 aliphatic carbocycles. The number of hydrogen-bond acceptors (Lipinski definition) is 4. The fraction of sp³-hybridized carbons (Fsp3) is 0.692. The molecule has 2 rings (SSSR count). The zero-order valence-corrected chi connectivity index (χ0v) is 11.9. The summed E-state index contributed by atoms with van der Waals surface area (Å²) in [7, 11) is 1.84. The molecular weight excluding hydrogens is 242 g/mol. The Morgan fingerprint density at radius 1 is 1.42 bits per heavy atom. The van der Waals surface area contributed by atoms with Gasteiger partial charge in [-0.3, -0.25) is 9.48 Å². The zero-order valence-electron chi connectivity index (χ0n) is 11.9. The van der Waals surface area contributed by atoms with E-state index < -0.39 is 0 Å². The topological polar surface area (TPSA) is 76.2 Å². The first-order chi connectivity index (χ1) is 9.00. The van der Waals surface area contributed by atoms with E-state index >= 15 is 0 Å². The van der Waals surface area contributed by atoms with Crippen LogP contribution in [0, 0.1) is 0 Å². The molecule has 0 radical (unpaired) electrons. The van der Waals surface area contributed by atoms with Gasteiger partial charge < -0.3 is 16.0 Å². The van der Waals surface area contributed by atoms with E-state index in [2.05, 4.69) is 24.3 Å². The van der Waals surface area contributed by atoms with E-state index in [0.717, 1.165) is 37.4 Å². The van der Waals surface area contributed by atoms with Crippen LogP contribution in [0.5, 0.6) is 0 Å². The van der Waals surface area contributed by atoms with Crippen molar-refractivity contribution in [2.45, 2.75) is 32.6 Å². The number of rotatable bonds is 4. The molecule has 0 unspecified atom stereocenters. The highest BCUT2D eigenvalue weighted by Gasteiger charge is 2.20. The molecule has 6 heteroatoms. The Balaban J connectivity index is 2.01. The van der Waals surface area contributed by atoms with Crippen molar-refractivity contribution in [1.82, 2.24) is 14.7 Å². The molecule has 1 aliphatic rings. The number of nitrogens with zero attached hydrogens (tertiary/aromatic N) is 3. The molecule has 0 saturated carbocycles. The lowest BCUT2D eigenvalue weighted by molar-refractivity contribution is -0.128. The van der Waals surface area contributed by atoms with E-state index in [9.17, 15) is 4.79 Å². The van der Waals surface area contributed by atoms with Crippen LogP contribution in [0.3, 0.4) is 0 Å². The number of aryl methyl sites for hydroxylation is 1. The SMILES string of the molecule is CC(C)c1nn(C)c(NCC(=O)N2CCCC2)c1N. The minimum atomic E-state index is 0.129. The van der Waals surface area contributed by atoms with Crippen LogP contribution in [0.15, 0.2) is 0 Å². The Labute approximate surface area is 113 Å². The average Bonchev–Trinajstić information content (AvgIpc) is 2.96. The van der Waals surface area contributed by atoms with Gasteiger partial charge in [-0.05, 0) is 18.8 Å². The number of anilines is 2. The number of nitrogens with two attached hydrogens (primary N) is 1. The third-order valence-corrected chi connectivity index (χ3v) is 3.53. The molecule has 1 aromatic heterocycles. The van der Waals surface area contributed by atoms with Crippen LogP contribution in [0.2, 0.25) is 0 Å². The Morgan fingerprint density at radius 3 is 2.58 bits per heavy atom. The predicted molar refractivity (Wildman–Crippen MR) is 76.0 cm³/mol. The average molecular weight is 265 g/mol. The molecule has 0 spiro atoms. The molecule has 1 aromatic rings. The van der Waals surface area contributed by atoms with Gasteiger partial charge in [0.15, 0.2) is 0 Å². The Bertz CT molecular complexity index is 460.